The average molecular weight is 303 g/mol. The third-order valence-corrected chi connectivity index (χ3v) is 3.19. The van der Waals surface area contributed by atoms with Crippen LogP contribution < -0.4 is 18.9 Å². The van der Waals surface area contributed by atoms with Crippen LogP contribution in [0.25, 0.3) is 0 Å². The summed E-state index contributed by atoms with van der Waals surface area (Å²) in [7, 11) is 1.45. The molecule has 1 aliphatic rings. The van der Waals surface area contributed by atoms with Gasteiger partial charge < -0.3 is 18.9 Å². The van der Waals surface area contributed by atoms with E-state index >= 15 is 0 Å². The number of nitro benzene ring substituents is 1. The number of fused-ring (bicyclic) bond motifs is 1. The highest BCUT2D eigenvalue weighted by atomic mass is 16.7. The zero-order valence-electron chi connectivity index (χ0n) is 11.8. The Morgan fingerprint density at radius 1 is 1.18 bits per heavy atom. The minimum atomic E-state index is -0.502. The van der Waals surface area contributed by atoms with E-state index in [9.17, 15) is 10.1 Å². The SMILES string of the molecule is COc1ccc(OCc2ccc3c(c2)OCO3)c([N+](=O)[O-])c1. The Morgan fingerprint density at radius 2 is 2.00 bits per heavy atom. The Labute approximate surface area is 126 Å². The first-order chi connectivity index (χ1) is 10.7. The number of methoxy groups -OCH3 is 1. The van der Waals surface area contributed by atoms with Crippen molar-refractivity contribution in [3.05, 3.63) is 52.1 Å². The number of nitrogens with zero attached hydrogens (tertiary/aromatic N) is 1. The first kappa shape index (κ1) is 14.0. The van der Waals surface area contributed by atoms with Crippen molar-refractivity contribution in [1.29, 1.82) is 0 Å². The van der Waals surface area contributed by atoms with Gasteiger partial charge in [0.05, 0.1) is 18.1 Å². The van der Waals surface area contributed by atoms with Gasteiger partial charge in [0.2, 0.25) is 6.79 Å². The number of hydrogen-bond acceptors (Lipinski definition) is 6. The second-order valence-corrected chi connectivity index (χ2v) is 4.57. The van der Waals surface area contributed by atoms with Gasteiger partial charge >= 0.3 is 5.69 Å². The van der Waals surface area contributed by atoms with Crippen molar-refractivity contribution in [2.24, 2.45) is 0 Å². The molecule has 0 saturated carbocycles. The Balaban J connectivity index is 1.77. The first-order valence-corrected chi connectivity index (χ1v) is 6.51. The van der Waals surface area contributed by atoms with E-state index in [1.165, 1.54) is 19.2 Å². The molecule has 7 heteroatoms. The van der Waals surface area contributed by atoms with E-state index in [0.29, 0.717) is 17.2 Å². The zero-order valence-corrected chi connectivity index (χ0v) is 11.8. The normalized spacial score (nSPS) is 12.0. The summed E-state index contributed by atoms with van der Waals surface area (Å²) in [5.74, 6) is 1.91. The van der Waals surface area contributed by atoms with Gasteiger partial charge in [-0.25, -0.2) is 0 Å². The molecule has 0 N–H and O–H groups in total. The van der Waals surface area contributed by atoms with E-state index in [-0.39, 0.29) is 24.8 Å². The van der Waals surface area contributed by atoms with Crippen LogP contribution in [-0.2, 0) is 6.61 Å². The van der Waals surface area contributed by atoms with Gasteiger partial charge in [-0.15, -0.1) is 0 Å². The van der Waals surface area contributed by atoms with Crippen molar-refractivity contribution in [3.63, 3.8) is 0 Å². The topological polar surface area (TPSA) is 80.1 Å². The third-order valence-electron chi connectivity index (χ3n) is 3.19. The van der Waals surface area contributed by atoms with Gasteiger partial charge in [-0.3, -0.25) is 10.1 Å². The van der Waals surface area contributed by atoms with Gasteiger partial charge in [-0.2, -0.15) is 0 Å². The molecule has 0 spiro atoms. The summed E-state index contributed by atoms with van der Waals surface area (Å²) in [4.78, 5) is 10.6. The molecule has 1 aliphatic heterocycles. The average Bonchev–Trinajstić information content (AvgIpc) is 3.00. The maximum Gasteiger partial charge on any atom is 0.314 e. The Morgan fingerprint density at radius 3 is 2.77 bits per heavy atom. The maximum absolute atomic E-state index is 11.1. The summed E-state index contributed by atoms with van der Waals surface area (Å²) < 4.78 is 21.0. The van der Waals surface area contributed by atoms with E-state index in [4.69, 9.17) is 18.9 Å². The van der Waals surface area contributed by atoms with Crippen molar-refractivity contribution in [2.45, 2.75) is 6.61 Å². The predicted molar refractivity (Wildman–Crippen MR) is 76.5 cm³/mol. The van der Waals surface area contributed by atoms with Crippen LogP contribution in [0.1, 0.15) is 5.56 Å². The molecule has 0 radical (unpaired) electrons. The van der Waals surface area contributed by atoms with Crippen molar-refractivity contribution in [2.75, 3.05) is 13.9 Å². The molecular formula is C15H13NO6. The maximum atomic E-state index is 11.1. The van der Waals surface area contributed by atoms with Crippen LogP contribution in [-0.4, -0.2) is 18.8 Å². The Kier molecular flexibility index (Phi) is 3.69. The third kappa shape index (κ3) is 2.73. The van der Waals surface area contributed by atoms with Gasteiger partial charge in [0, 0.05) is 0 Å². The van der Waals surface area contributed by atoms with Crippen LogP contribution in [0.15, 0.2) is 36.4 Å². The first-order valence-electron chi connectivity index (χ1n) is 6.51. The minimum absolute atomic E-state index is 0.139. The summed E-state index contributed by atoms with van der Waals surface area (Å²) in [5.41, 5.74) is 0.689. The molecule has 114 valence electrons. The van der Waals surface area contributed by atoms with Gasteiger partial charge in [-0.1, -0.05) is 6.07 Å². The number of nitro groups is 1. The highest BCUT2D eigenvalue weighted by molar-refractivity contribution is 5.51. The molecule has 0 bridgehead atoms. The van der Waals surface area contributed by atoms with E-state index in [0.717, 1.165) is 5.56 Å². The largest absolute Gasteiger partial charge is 0.496 e. The summed E-state index contributed by atoms with van der Waals surface area (Å²) >= 11 is 0. The lowest BCUT2D eigenvalue weighted by Gasteiger charge is -2.08. The monoisotopic (exact) mass is 303 g/mol. The van der Waals surface area contributed by atoms with Crippen LogP contribution in [0.3, 0.4) is 0 Å². The summed E-state index contributed by atoms with van der Waals surface area (Å²) in [5, 5.41) is 11.1. The van der Waals surface area contributed by atoms with Crippen LogP contribution >= 0.6 is 0 Å². The molecule has 3 rings (SSSR count). The predicted octanol–water partition coefficient (Wildman–Crippen LogP) is 2.91. The van der Waals surface area contributed by atoms with E-state index < -0.39 is 4.92 Å². The van der Waals surface area contributed by atoms with Gasteiger partial charge in [0.1, 0.15) is 12.4 Å². The van der Waals surface area contributed by atoms with Crippen LogP contribution in [0.5, 0.6) is 23.0 Å². The zero-order chi connectivity index (χ0) is 15.5. The fraction of sp³-hybridized carbons (Fsp3) is 0.200. The van der Waals surface area contributed by atoms with Gasteiger partial charge in [-0.05, 0) is 29.8 Å². The van der Waals surface area contributed by atoms with Crippen LogP contribution in [0.2, 0.25) is 0 Å². The van der Waals surface area contributed by atoms with Crippen molar-refractivity contribution in [1.82, 2.24) is 0 Å². The van der Waals surface area contributed by atoms with E-state index in [1.54, 1.807) is 18.2 Å². The second kappa shape index (κ2) is 5.80. The quantitative estimate of drug-likeness (QED) is 0.624. The standard InChI is InChI=1S/C15H13NO6/c1-19-11-3-5-13(12(7-11)16(17)18)20-8-10-2-4-14-15(6-10)22-9-21-14/h2-7H,8-9H2,1H3. The smallest absolute Gasteiger partial charge is 0.314 e. The highest BCUT2D eigenvalue weighted by Gasteiger charge is 2.18. The highest BCUT2D eigenvalue weighted by Crippen LogP contribution is 2.34. The van der Waals surface area contributed by atoms with Gasteiger partial charge in [0.25, 0.3) is 0 Å². The number of hydrogen-bond donors (Lipinski definition) is 0. The second-order valence-electron chi connectivity index (χ2n) is 4.57. The summed E-state index contributed by atoms with van der Waals surface area (Å²) in [6.07, 6.45) is 0. The van der Waals surface area contributed by atoms with Crippen molar-refractivity contribution >= 4 is 5.69 Å². The van der Waals surface area contributed by atoms with E-state index in [1.807, 2.05) is 6.07 Å². The fourth-order valence-electron chi connectivity index (χ4n) is 2.08. The van der Waals surface area contributed by atoms with Crippen LogP contribution in [0.4, 0.5) is 5.69 Å². The lowest BCUT2D eigenvalue weighted by Crippen LogP contribution is -1.99. The molecule has 1 heterocycles. The molecule has 0 saturated heterocycles. The Bertz CT molecular complexity index is 715. The molecule has 0 aliphatic carbocycles. The molecule has 7 nitrogen and oxygen atoms in total. The molecular weight excluding hydrogens is 290 g/mol. The molecule has 0 amide bonds. The summed E-state index contributed by atoms with van der Waals surface area (Å²) in [6, 6.07) is 9.85. The van der Waals surface area contributed by atoms with Gasteiger partial charge in [0.15, 0.2) is 17.2 Å². The fourth-order valence-corrected chi connectivity index (χ4v) is 2.08. The lowest BCUT2D eigenvalue weighted by atomic mass is 10.2. The molecule has 0 atom stereocenters. The molecule has 2 aromatic carbocycles. The van der Waals surface area contributed by atoms with Crippen molar-refractivity contribution in [3.8, 4) is 23.0 Å². The minimum Gasteiger partial charge on any atom is -0.496 e. The van der Waals surface area contributed by atoms with Crippen molar-refractivity contribution < 1.29 is 23.9 Å². The lowest BCUT2D eigenvalue weighted by molar-refractivity contribution is -0.386. The molecule has 0 unspecified atom stereocenters. The van der Waals surface area contributed by atoms with Crippen LogP contribution in [0, 0.1) is 10.1 Å². The molecule has 0 aromatic heterocycles. The van der Waals surface area contributed by atoms with E-state index in [2.05, 4.69) is 0 Å². The Hall–Kier alpha value is -2.96. The molecule has 2 aromatic rings. The molecule has 22 heavy (non-hydrogen) atoms. The number of ether oxygens (including phenoxy) is 4. The number of rotatable bonds is 5. The summed E-state index contributed by atoms with van der Waals surface area (Å²) in [6.45, 7) is 0.382. The number of benzene rings is 2. The molecule has 0 fully saturated rings.